The van der Waals surface area contributed by atoms with Gasteiger partial charge in [-0.1, -0.05) is 37.6 Å². The molecule has 1 heterocycles. The predicted octanol–water partition coefficient (Wildman–Crippen LogP) is 3.69. The maximum absolute atomic E-state index is 13.2. The highest BCUT2D eigenvalue weighted by atomic mass is 35.5. The number of benzene rings is 1. The number of carbonyl (C=O) groups is 1. The molecule has 9 heteroatoms. The molecule has 2 fully saturated rings. The summed E-state index contributed by atoms with van der Waals surface area (Å²) in [5.74, 6) is -1.24. The van der Waals surface area contributed by atoms with Crippen molar-refractivity contribution in [3.8, 4) is 5.75 Å². The molecule has 190 valence electrons. The molecule has 0 aromatic heterocycles. The standard InChI is InChI=1S/C25H34ClFO7/c1-14(2)24(25(30)31)34-12-15-3-6-19-18(22(29)10-23(19)33-11-15)7-4-16(28)13-32-17-5-8-21(27)20(26)9-17/h4-5,7-9,14-16,18-19,22-24,28-29H,3,6,10-13H2,1-2H3,(H,30,31)/b7-4+/t15-,16-,18-,19-,22-,23+,24?/m1/s1. The Morgan fingerprint density at radius 3 is 2.79 bits per heavy atom. The summed E-state index contributed by atoms with van der Waals surface area (Å²) in [7, 11) is 0. The normalized spacial score (nSPS) is 29.1. The number of halogens is 2. The van der Waals surface area contributed by atoms with E-state index in [1.54, 1.807) is 6.08 Å². The van der Waals surface area contributed by atoms with Crippen molar-refractivity contribution in [3.63, 3.8) is 0 Å². The molecular formula is C25H34ClFO7. The number of fused-ring (bicyclic) bond motifs is 1. The van der Waals surface area contributed by atoms with Crippen LogP contribution in [0.4, 0.5) is 4.39 Å². The van der Waals surface area contributed by atoms with E-state index in [4.69, 9.17) is 25.8 Å². The van der Waals surface area contributed by atoms with Gasteiger partial charge in [-0.3, -0.25) is 0 Å². The minimum atomic E-state index is -0.959. The quantitative estimate of drug-likeness (QED) is 0.421. The molecule has 0 spiro atoms. The molecule has 1 aliphatic heterocycles. The van der Waals surface area contributed by atoms with Crippen molar-refractivity contribution in [1.29, 1.82) is 0 Å². The van der Waals surface area contributed by atoms with Gasteiger partial charge in [0.25, 0.3) is 0 Å². The Hall–Kier alpha value is -1.71. The van der Waals surface area contributed by atoms with E-state index < -0.39 is 30.1 Å². The maximum atomic E-state index is 13.2. The fraction of sp³-hybridized carbons (Fsp3) is 0.640. The molecule has 1 aliphatic carbocycles. The van der Waals surface area contributed by atoms with Crippen LogP contribution in [-0.2, 0) is 14.3 Å². The van der Waals surface area contributed by atoms with E-state index in [1.807, 2.05) is 19.9 Å². The van der Waals surface area contributed by atoms with E-state index in [0.717, 1.165) is 12.8 Å². The third-order valence-electron chi connectivity index (χ3n) is 6.57. The Labute approximate surface area is 204 Å². The molecule has 0 radical (unpaired) electrons. The molecule has 1 saturated heterocycles. The van der Waals surface area contributed by atoms with Crippen molar-refractivity contribution in [2.24, 2.45) is 23.7 Å². The number of aliphatic hydroxyl groups is 2. The van der Waals surface area contributed by atoms with Crippen LogP contribution in [0.15, 0.2) is 30.4 Å². The number of aliphatic hydroxyl groups excluding tert-OH is 2. The van der Waals surface area contributed by atoms with Crippen LogP contribution in [0, 0.1) is 29.5 Å². The largest absolute Gasteiger partial charge is 0.490 e. The van der Waals surface area contributed by atoms with Gasteiger partial charge >= 0.3 is 5.97 Å². The highest BCUT2D eigenvalue weighted by Crippen LogP contribution is 2.41. The van der Waals surface area contributed by atoms with Crippen LogP contribution in [-0.4, -0.2) is 65.5 Å². The van der Waals surface area contributed by atoms with E-state index in [1.165, 1.54) is 18.2 Å². The van der Waals surface area contributed by atoms with Crippen molar-refractivity contribution < 1.29 is 38.7 Å². The van der Waals surface area contributed by atoms with Crippen molar-refractivity contribution >= 4 is 17.6 Å². The summed E-state index contributed by atoms with van der Waals surface area (Å²) in [5, 5.41) is 30.1. The molecule has 2 aliphatic rings. The zero-order chi connectivity index (χ0) is 24.8. The molecule has 3 N–H and O–H groups in total. The van der Waals surface area contributed by atoms with Gasteiger partial charge in [0.1, 0.15) is 24.3 Å². The van der Waals surface area contributed by atoms with E-state index >= 15 is 0 Å². The van der Waals surface area contributed by atoms with E-state index in [2.05, 4.69) is 0 Å². The lowest BCUT2D eigenvalue weighted by molar-refractivity contribution is -0.155. The lowest BCUT2D eigenvalue weighted by Gasteiger charge is -2.22. The van der Waals surface area contributed by atoms with Crippen molar-refractivity contribution in [2.75, 3.05) is 19.8 Å². The average molecular weight is 501 g/mol. The second kappa shape index (κ2) is 12.3. The zero-order valence-electron chi connectivity index (χ0n) is 19.5. The predicted molar refractivity (Wildman–Crippen MR) is 124 cm³/mol. The highest BCUT2D eigenvalue weighted by molar-refractivity contribution is 6.30. The zero-order valence-corrected chi connectivity index (χ0v) is 20.2. The summed E-state index contributed by atoms with van der Waals surface area (Å²) >= 11 is 5.74. The smallest absolute Gasteiger partial charge is 0.333 e. The summed E-state index contributed by atoms with van der Waals surface area (Å²) in [6.07, 6.45) is 3.14. The third-order valence-corrected chi connectivity index (χ3v) is 6.86. The van der Waals surface area contributed by atoms with Crippen molar-refractivity contribution in [2.45, 2.75) is 57.5 Å². The molecule has 0 amide bonds. The van der Waals surface area contributed by atoms with Gasteiger partial charge in [0, 0.05) is 24.3 Å². The first-order valence-corrected chi connectivity index (χ1v) is 12.1. The van der Waals surface area contributed by atoms with Gasteiger partial charge in [0.05, 0.1) is 30.4 Å². The van der Waals surface area contributed by atoms with Gasteiger partial charge in [-0.2, -0.15) is 0 Å². The summed E-state index contributed by atoms with van der Waals surface area (Å²) in [5.41, 5.74) is 0. The van der Waals surface area contributed by atoms with Crippen LogP contribution < -0.4 is 4.74 Å². The molecule has 1 aromatic carbocycles. The van der Waals surface area contributed by atoms with Gasteiger partial charge in [-0.15, -0.1) is 0 Å². The molecule has 34 heavy (non-hydrogen) atoms. The number of rotatable bonds is 10. The van der Waals surface area contributed by atoms with Crippen LogP contribution in [0.5, 0.6) is 5.75 Å². The average Bonchev–Trinajstić information content (AvgIpc) is 2.94. The van der Waals surface area contributed by atoms with Gasteiger partial charge in [-0.05, 0) is 36.8 Å². The van der Waals surface area contributed by atoms with Crippen LogP contribution in [0.3, 0.4) is 0 Å². The van der Waals surface area contributed by atoms with Crippen molar-refractivity contribution in [3.05, 3.63) is 41.2 Å². The molecule has 7 nitrogen and oxygen atoms in total. The molecule has 0 bridgehead atoms. The first kappa shape index (κ1) is 26.9. The van der Waals surface area contributed by atoms with Gasteiger partial charge < -0.3 is 29.5 Å². The van der Waals surface area contributed by atoms with Crippen molar-refractivity contribution in [1.82, 2.24) is 0 Å². The fourth-order valence-electron chi connectivity index (χ4n) is 4.70. The molecule has 7 atom stereocenters. The molecule has 3 rings (SSSR count). The SMILES string of the molecule is CC(C)C(OC[C@@H]1CC[C@@H]2[C@@H](/C=C/[C@@H](O)COc3ccc(F)c(Cl)c3)[C@H](O)C[C@@H]2OC1)C(=O)O. The van der Waals surface area contributed by atoms with Crippen LogP contribution >= 0.6 is 11.6 Å². The summed E-state index contributed by atoms with van der Waals surface area (Å²) in [4.78, 5) is 11.4. The second-order valence-electron chi connectivity index (χ2n) is 9.53. The Bertz CT molecular complexity index is 849. The molecule has 1 unspecified atom stereocenters. The number of carboxylic acids is 1. The fourth-order valence-corrected chi connectivity index (χ4v) is 4.87. The number of hydrogen-bond acceptors (Lipinski definition) is 6. The first-order valence-electron chi connectivity index (χ1n) is 11.7. The van der Waals surface area contributed by atoms with E-state index in [-0.39, 0.29) is 41.4 Å². The maximum Gasteiger partial charge on any atom is 0.333 e. The highest BCUT2D eigenvalue weighted by Gasteiger charge is 2.43. The number of carboxylic acid groups (broad SMARTS) is 1. The van der Waals surface area contributed by atoms with Gasteiger partial charge in [0.2, 0.25) is 0 Å². The summed E-state index contributed by atoms with van der Waals surface area (Å²) < 4.78 is 30.5. The summed E-state index contributed by atoms with van der Waals surface area (Å²) in [6, 6.07) is 3.98. The number of hydrogen-bond donors (Lipinski definition) is 3. The Morgan fingerprint density at radius 1 is 1.35 bits per heavy atom. The Kier molecular flexibility index (Phi) is 9.74. The Morgan fingerprint density at radius 2 is 2.12 bits per heavy atom. The van der Waals surface area contributed by atoms with E-state index in [9.17, 15) is 24.5 Å². The van der Waals surface area contributed by atoms with Crippen LogP contribution in [0.25, 0.3) is 0 Å². The minimum absolute atomic E-state index is 0.0358. The minimum Gasteiger partial charge on any atom is -0.490 e. The van der Waals surface area contributed by atoms with Crippen LogP contribution in [0.2, 0.25) is 5.02 Å². The number of ether oxygens (including phenoxy) is 3. The lowest BCUT2D eigenvalue weighted by atomic mass is 9.87. The third kappa shape index (κ3) is 7.15. The second-order valence-corrected chi connectivity index (χ2v) is 9.94. The monoisotopic (exact) mass is 500 g/mol. The molecule has 1 aromatic rings. The van der Waals surface area contributed by atoms with Gasteiger partial charge in [-0.25, -0.2) is 9.18 Å². The number of aliphatic carboxylic acids is 1. The molecule has 1 saturated carbocycles. The summed E-state index contributed by atoms with van der Waals surface area (Å²) in [6.45, 7) is 4.39. The first-order chi connectivity index (χ1) is 16.2. The van der Waals surface area contributed by atoms with E-state index in [0.29, 0.717) is 25.4 Å². The topological polar surface area (TPSA) is 105 Å². The Balaban J connectivity index is 1.51. The lowest BCUT2D eigenvalue weighted by Crippen LogP contribution is -2.32. The van der Waals surface area contributed by atoms with Gasteiger partial charge in [0.15, 0.2) is 6.10 Å². The van der Waals surface area contributed by atoms with Crippen LogP contribution in [0.1, 0.15) is 33.1 Å². The molecular weight excluding hydrogens is 467 g/mol.